The van der Waals surface area contributed by atoms with Crippen molar-refractivity contribution in [3.63, 3.8) is 0 Å². The van der Waals surface area contributed by atoms with E-state index in [0.29, 0.717) is 12.5 Å². The van der Waals surface area contributed by atoms with Crippen LogP contribution in [0.2, 0.25) is 0 Å². The largest absolute Gasteiger partial charge is 0.317 e. The SMILES string of the molecule is CNC(Cc1c(F)cccc1F)CC1CN(C)CCN1C. The van der Waals surface area contributed by atoms with E-state index in [1.165, 1.54) is 18.2 Å². The maximum atomic E-state index is 13.8. The van der Waals surface area contributed by atoms with Crippen LogP contribution in [0.4, 0.5) is 8.78 Å². The molecule has 1 aliphatic rings. The number of hydrogen-bond acceptors (Lipinski definition) is 3. The van der Waals surface area contributed by atoms with Gasteiger partial charge >= 0.3 is 0 Å². The number of benzene rings is 1. The molecule has 118 valence electrons. The van der Waals surface area contributed by atoms with Crippen LogP contribution in [0.25, 0.3) is 0 Å². The second-order valence-electron chi connectivity index (χ2n) is 6.02. The number of nitrogens with one attached hydrogen (secondary N) is 1. The fourth-order valence-electron chi connectivity index (χ4n) is 2.96. The third-order valence-electron chi connectivity index (χ3n) is 4.46. The molecule has 2 unspecified atom stereocenters. The summed E-state index contributed by atoms with van der Waals surface area (Å²) < 4.78 is 27.6. The van der Waals surface area contributed by atoms with Crippen molar-refractivity contribution >= 4 is 0 Å². The summed E-state index contributed by atoms with van der Waals surface area (Å²) in [7, 11) is 6.09. The van der Waals surface area contributed by atoms with Gasteiger partial charge in [0, 0.05) is 37.3 Å². The minimum absolute atomic E-state index is 0.0651. The maximum absolute atomic E-state index is 13.8. The second kappa shape index (κ2) is 7.29. The highest BCUT2D eigenvalue weighted by atomic mass is 19.1. The summed E-state index contributed by atoms with van der Waals surface area (Å²) >= 11 is 0. The zero-order valence-electron chi connectivity index (χ0n) is 13.1. The molecule has 0 spiro atoms. The van der Waals surface area contributed by atoms with Crippen LogP contribution in [0, 0.1) is 11.6 Å². The highest BCUT2D eigenvalue weighted by Crippen LogP contribution is 2.18. The molecule has 1 aliphatic heterocycles. The van der Waals surface area contributed by atoms with Gasteiger partial charge in [-0.1, -0.05) is 6.07 Å². The number of piperazine rings is 1. The first-order valence-corrected chi connectivity index (χ1v) is 7.50. The summed E-state index contributed by atoms with van der Waals surface area (Å²) in [6.45, 7) is 3.10. The normalized spacial score (nSPS) is 22.4. The second-order valence-corrected chi connectivity index (χ2v) is 6.02. The van der Waals surface area contributed by atoms with Crippen LogP contribution in [-0.2, 0) is 6.42 Å². The van der Waals surface area contributed by atoms with E-state index in [9.17, 15) is 8.78 Å². The monoisotopic (exact) mass is 297 g/mol. The molecule has 3 nitrogen and oxygen atoms in total. The van der Waals surface area contributed by atoms with E-state index in [1.54, 1.807) is 0 Å². The number of halogens is 2. The summed E-state index contributed by atoms with van der Waals surface area (Å²) in [5.74, 6) is -0.909. The van der Waals surface area contributed by atoms with Gasteiger partial charge in [-0.15, -0.1) is 0 Å². The molecule has 0 saturated carbocycles. The lowest BCUT2D eigenvalue weighted by atomic mass is 9.97. The Labute approximate surface area is 125 Å². The van der Waals surface area contributed by atoms with Gasteiger partial charge in [0.2, 0.25) is 0 Å². The van der Waals surface area contributed by atoms with Gasteiger partial charge < -0.3 is 15.1 Å². The Kier molecular flexibility index (Phi) is 5.67. The lowest BCUT2D eigenvalue weighted by Crippen LogP contribution is -2.52. The van der Waals surface area contributed by atoms with E-state index in [4.69, 9.17) is 0 Å². The lowest BCUT2D eigenvalue weighted by molar-refractivity contribution is 0.101. The molecule has 2 rings (SSSR count). The summed E-state index contributed by atoms with van der Waals surface area (Å²) in [6.07, 6.45) is 1.26. The minimum Gasteiger partial charge on any atom is -0.317 e. The quantitative estimate of drug-likeness (QED) is 0.893. The molecule has 1 aromatic carbocycles. The topological polar surface area (TPSA) is 18.5 Å². The van der Waals surface area contributed by atoms with Gasteiger partial charge in [0.15, 0.2) is 0 Å². The zero-order valence-corrected chi connectivity index (χ0v) is 13.1. The molecule has 1 fully saturated rings. The van der Waals surface area contributed by atoms with Crippen LogP contribution < -0.4 is 5.32 Å². The molecule has 5 heteroatoms. The van der Waals surface area contributed by atoms with E-state index >= 15 is 0 Å². The first-order chi connectivity index (χ1) is 10.0. The molecule has 0 bridgehead atoms. The van der Waals surface area contributed by atoms with Gasteiger partial charge in [0.05, 0.1) is 0 Å². The van der Waals surface area contributed by atoms with Crippen LogP contribution in [-0.4, -0.2) is 62.7 Å². The van der Waals surface area contributed by atoms with Crippen molar-refractivity contribution in [2.24, 2.45) is 0 Å². The number of hydrogen-bond donors (Lipinski definition) is 1. The Morgan fingerprint density at radius 3 is 2.52 bits per heavy atom. The van der Waals surface area contributed by atoms with Crippen LogP contribution in [0.1, 0.15) is 12.0 Å². The Balaban J connectivity index is 2.03. The number of likely N-dealkylation sites (N-methyl/N-ethyl adjacent to an activating group) is 3. The van der Waals surface area contributed by atoms with Gasteiger partial charge in [-0.05, 0) is 46.1 Å². The van der Waals surface area contributed by atoms with Crippen molar-refractivity contribution < 1.29 is 8.78 Å². The van der Waals surface area contributed by atoms with Crippen LogP contribution in [0.15, 0.2) is 18.2 Å². The average molecular weight is 297 g/mol. The molecular formula is C16H25F2N3. The van der Waals surface area contributed by atoms with E-state index in [1.807, 2.05) is 7.05 Å². The van der Waals surface area contributed by atoms with Crippen molar-refractivity contribution in [1.82, 2.24) is 15.1 Å². The number of nitrogens with zero attached hydrogens (tertiary/aromatic N) is 2. The molecule has 2 atom stereocenters. The van der Waals surface area contributed by atoms with Crippen LogP contribution in [0.3, 0.4) is 0 Å². The molecule has 1 aromatic rings. The number of rotatable bonds is 5. The van der Waals surface area contributed by atoms with E-state index in [-0.39, 0.29) is 11.6 Å². The van der Waals surface area contributed by atoms with Crippen molar-refractivity contribution in [2.45, 2.75) is 24.9 Å². The highest BCUT2D eigenvalue weighted by molar-refractivity contribution is 5.20. The van der Waals surface area contributed by atoms with Gasteiger partial charge in [-0.25, -0.2) is 8.78 Å². The highest BCUT2D eigenvalue weighted by Gasteiger charge is 2.25. The van der Waals surface area contributed by atoms with Crippen LogP contribution in [0.5, 0.6) is 0 Å². The Morgan fingerprint density at radius 1 is 1.24 bits per heavy atom. The standard InChI is InChI=1S/C16H25F2N3/c1-19-12(9-13-11-20(2)7-8-21(13)3)10-14-15(17)5-4-6-16(14)18/h4-6,12-13,19H,7-11H2,1-3H3. The molecule has 21 heavy (non-hydrogen) atoms. The van der Waals surface area contributed by atoms with Crippen molar-refractivity contribution in [1.29, 1.82) is 0 Å². The molecule has 1 N–H and O–H groups in total. The van der Waals surface area contributed by atoms with E-state index in [0.717, 1.165) is 26.1 Å². The molecule has 0 aromatic heterocycles. The molecular weight excluding hydrogens is 272 g/mol. The van der Waals surface area contributed by atoms with E-state index in [2.05, 4.69) is 29.2 Å². The third kappa shape index (κ3) is 4.22. The zero-order chi connectivity index (χ0) is 15.4. The van der Waals surface area contributed by atoms with Crippen molar-refractivity contribution in [3.05, 3.63) is 35.4 Å². The van der Waals surface area contributed by atoms with Crippen molar-refractivity contribution in [2.75, 3.05) is 40.8 Å². The maximum Gasteiger partial charge on any atom is 0.129 e. The fraction of sp³-hybridized carbons (Fsp3) is 0.625. The molecule has 1 saturated heterocycles. The molecule has 1 heterocycles. The van der Waals surface area contributed by atoms with Gasteiger partial charge in [-0.2, -0.15) is 0 Å². The average Bonchev–Trinajstić information content (AvgIpc) is 2.45. The Bertz CT molecular complexity index is 447. The predicted octanol–water partition coefficient (Wildman–Crippen LogP) is 1.73. The lowest BCUT2D eigenvalue weighted by Gasteiger charge is -2.39. The molecule has 0 aliphatic carbocycles. The minimum atomic E-state index is -0.454. The van der Waals surface area contributed by atoms with Gasteiger partial charge in [0.1, 0.15) is 11.6 Å². The summed E-state index contributed by atoms with van der Waals surface area (Å²) in [5.41, 5.74) is 0.184. The third-order valence-corrected chi connectivity index (χ3v) is 4.46. The molecule has 0 amide bonds. The first kappa shape index (κ1) is 16.3. The fourth-order valence-corrected chi connectivity index (χ4v) is 2.96. The smallest absolute Gasteiger partial charge is 0.129 e. The van der Waals surface area contributed by atoms with E-state index < -0.39 is 11.6 Å². The van der Waals surface area contributed by atoms with Crippen LogP contribution >= 0.6 is 0 Å². The summed E-state index contributed by atoms with van der Waals surface area (Å²) in [6, 6.07) is 4.54. The first-order valence-electron chi connectivity index (χ1n) is 7.50. The van der Waals surface area contributed by atoms with Gasteiger partial charge in [0.25, 0.3) is 0 Å². The van der Waals surface area contributed by atoms with Crippen molar-refractivity contribution in [3.8, 4) is 0 Å². The molecule has 0 radical (unpaired) electrons. The Morgan fingerprint density at radius 2 is 1.90 bits per heavy atom. The summed E-state index contributed by atoms with van der Waals surface area (Å²) in [4.78, 5) is 4.64. The Hall–Kier alpha value is -1.04. The van der Waals surface area contributed by atoms with Gasteiger partial charge in [-0.3, -0.25) is 0 Å². The predicted molar refractivity (Wildman–Crippen MR) is 81.4 cm³/mol. The summed E-state index contributed by atoms with van der Waals surface area (Å²) in [5, 5.41) is 3.21.